The van der Waals surface area contributed by atoms with Crippen molar-refractivity contribution in [1.29, 1.82) is 0 Å². The fourth-order valence-electron chi connectivity index (χ4n) is 1.82. The monoisotopic (exact) mass is 252 g/mol. The second kappa shape index (κ2) is 4.87. The Morgan fingerprint density at radius 2 is 1.33 bits per heavy atom. The first-order chi connectivity index (χ1) is 8.35. The van der Waals surface area contributed by atoms with E-state index in [-0.39, 0.29) is 0 Å². The predicted molar refractivity (Wildman–Crippen MR) is 60.2 cm³/mol. The van der Waals surface area contributed by atoms with Gasteiger partial charge in [0.15, 0.2) is 0 Å². The van der Waals surface area contributed by atoms with Crippen LogP contribution in [0.3, 0.4) is 0 Å². The highest BCUT2D eigenvalue weighted by atomic mass is 16.4. The van der Waals surface area contributed by atoms with Crippen molar-refractivity contribution >= 4 is 17.9 Å². The number of carboxylic acids is 3. The second-order valence-electron chi connectivity index (χ2n) is 3.86. The molecule has 0 saturated heterocycles. The summed E-state index contributed by atoms with van der Waals surface area (Å²) in [5.41, 5.74) is -2.55. The van der Waals surface area contributed by atoms with Crippen LogP contribution < -0.4 is 0 Å². The van der Waals surface area contributed by atoms with Crippen LogP contribution >= 0.6 is 0 Å². The van der Waals surface area contributed by atoms with Gasteiger partial charge in [-0.1, -0.05) is 37.3 Å². The van der Waals surface area contributed by atoms with Crippen molar-refractivity contribution < 1.29 is 29.7 Å². The Bertz CT molecular complexity index is 443. The van der Waals surface area contributed by atoms with E-state index in [1.165, 1.54) is 19.1 Å². The van der Waals surface area contributed by atoms with Crippen LogP contribution in [0.15, 0.2) is 30.3 Å². The van der Waals surface area contributed by atoms with E-state index in [0.29, 0.717) is 5.56 Å². The molecule has 6 heteroatoms. The minimum atomic E-state index is -2.89. The maximum Gasteiger partial charge on any atom is 0.333 e. The molecule has 0 spiro atoms. The van der Waals surface area contributed by atoms with Gasteiger partial charge < -0.3 is 15.3 Å². The number of hydrogen-bond donors (Lipinski definition) is 3. The summed E-state index contributed by atoms with van der Waals surface area (Å²) in [5.74, 6) is -6.87. The molecule has 1 unspecified atom stereocenters. The van der Waals surface area contributed by atoms with E-state index in [2.05, 4.69) is 0 Å². The molecule has 0 saturated carbocycles. The van der Waals surface area contributed by atoms with Crippen LogP contribution in [0.25, 0.3) is 0 Å². The largest absolute Gasteiger partial charge is 0.480 e. The molecular weight excluding hydrogens is 240 g/mol. The molecule has 0 amide bonds. The summed E-state index contributed by atoms with van der Waals surface area (Å²) < 4.78 is 0. The fraction of sp³-hybridized carbons (Fsp3) is 0.250. The van der Waals surface area contributed by atoms with E-state index < -0.39 is 29.2 Å². The van der Waals surface area contributed by atoms with Gasteiger partial charge in [-0.05, 0) is 5.56 Å². The third-order valence-electron chi connectivity index (χ3n) is 2.96. The van der Waals surface area contributed by atoms with E-state index in [9.17, 15) is 14.4 Å². The van der Waals surface area contributed by atoms with Crippen LogP contribution in [0, 0.1) is 5.41 Å². The molecule has 0 heterocycles. The zero-order valence-corrected chi connectivity index (χ0v) is 9.53. The quantitative estimate of drug-likeness (QED) is 0.675. The molecule has 18 heavy (non-hydrogen) atoms. The van der Waals surface area contributed by atoms with Crippen LogP contribution in [0.4, 0.5) is 0 Å². The van der Waals surface area contributed by atoms with Gasteiger partial charge in [0, 0.05) is 5.92 Å². The number of hydrogen-bond acceptors (Lipinski definition) is 3. The number of aliphatic carboxylic acids is 3. The second-order valence-corrected chi connectivity index (χ2v) is 3.86. The van der Waals surface area contributed by atoms with Crippen LogP contribution in [0.1, 0.15) is 18.4 Å². The van der Waals surface area contributed by atoms with E-state index in [4.69, 9.17) is 15.3 Å². The highest BCUT2D eigenvalue weighted by molar-refractivity contribution is 6.17. The minimum absolute atomic E-state index is 0.338. The Kier molecular flexibility index (Phi) is 3.70. The summed E-state index contributed by atoms with van der Waals surface area (Å²) in [6.07, 6.45) is 0. The van der Waals surface area contributed by atoms with Gasteiger partial charge >= 0.3 is 17.9 Å². The summed E-state index contributed by atoms with van der Waals surface area (Å²) in [4.78, 5) is 33.5. The highest BCUT2D eigenvalue weighted by Gasteiger charge is 2.59. The minimum Gasteiger partial charge on any atom is -0.480 e. The maximum absolute atomic E-state index is 11.2. The summed E-state index contributed by atoms with van der Waals surface area (Å²) in [6, 6.07) is 7.83. The number of carbonyl (C=O) groups is 3. The first-order valence-electron chi connectivity index (χ1n) is 5.10. The third-order valence-corrected chi connectivity index (χ3v) is 2.96. The van der Waals surface area contributed by atoms with Gasteiger partial charge in [0.2, 0.25) is 0 Å². The molecule has 0 bridgehead atoms. The van der Waals surface area contributed by atoms with E-state index in [0.717, 1.165) is 0 Å². The van der Waals surface area contributed by atoms with Crippen molar-refractivity contribution in [2.24, 2.45) is 5.41 Å². The van der Waals surface area contributed by atoms with Crippen molar-refractivity contribution in [3.8, 4) is 0 Å². The molecule has 1 aromatic rings. The molecule has 0 aliphatic rings. The normalized spacial score (nSPS) is 12.7. The van der Waals surface area contributed by atoms with Crippen molar-refractivity contribution in [3.63, 3.8) is 0 Å². The van der Waals surface area contributed by atoms with E-state index in [1.54, 1.807) is 18.2 Å². The van der Waals surface area contributed by atoms with Crippen LogP contribution in [0.5, 0.6) is 0 Å². The molecule has 96 valence electrons. The maximum atomic E-state index is 11.2. The van der Waals surface area contributed by atoms with Crippen LogP contribution in [-0.2, 0) is 14.4 Å². The average molecular weight is 252 g/mol. The molecule has 3 N–H and O–H groups in total. The molecular formula is C12H12O6. The Balaban J connectivity index is 3.41. The van der Waals surface area contributed by atoms with Crippen molar-refractivity contribution in [3.05, 3.63) is 35.9 Å². The topological polar surface area (TPSA) is 112 Å². The Morgan fingerprint density at radius 3 is 1.67 bits per heavy atom. The van der Waals surface area contributed by atoms with Gasteiger partial charge in [-0.3, -0.25) is 14.4 Å². The summed E-state index contributed by atoms with van der Waals surface area (Å²) in [6.45, 7) is 1.27. The molecule has 0 aromatic heterocycles. The standard InChI is InChI=1S/C12H12O6/c1-7(8-5-3-2-4-6-8)12(9(13)14,10(15)16)11(17)18/h2-7H,1H3,(H,13,14)(H,15,16)(H,17,18). The van der Waals surface area contributed by atoms with Crippen LogP contribution in [-0.4, -0.2) is 33.2 Å². The van der Waals surface area contributed by atoms with Gasteiger partial charge in [0.05, 0.1) is 0 Å². The van der Waals surface area contributed by atoms with Crippen molar-refractivity contribution in [2.75, 3.05) is 0 Å². The lowest BCUT2D eigenvalue weighted by Crippen LogP contribution is -2.50. The summed E-state index contributed by atoms with van der Waals surface area (Å²) >= 11 is 0. The predicted octanol–water partition coefficient (Wildman–Crippen LogP) is 1.03. The molecule has 0 aliphatic carbocycles. The molecule has 1 aromatic carbocycles. The molecule has 1 rings (SSSR count). The summed E-state index contributed by atoms with van der Waals surface area (Å²) in [5, 5.41) is 27.1. The number of rotatable bonds is 5. The van der Waals surface area contributed by atoms with Gasteiger partial charge in [0.1, 0.15) is 0 Å². The Morgan fingerprint density at radius 1 is 0.944 bits per heavy atom. The number of benzene rings is 1. The van der Waals surface area contributed by atoms with Gasteiger partial charge in [-0.25, -0.2) is 0 Å². The lowest BCUT2D eigenvalue weighted by atomic mass is 9.73. The van der Waals surface area contributed by atoms with E-state index in [1.807, 2.05) is 0 Å². The fourth-order valence-corrected chi connectivity index (χ4v) is 1.82. The van der Waals surface area contributed by atoms with Crippen LogP contribution in [0.2, 0.25) is 0 Å². The zero-order valence-electron chi connectivity index (χ0n) is 9.53. The van der Waals surface area contributed by atoms with E-state index >= 15 is 0 Å². The molecule has 6 nitrogen and oxygen atoms in total. The molecule has 0 fully saturated rings. The Hall–Kier alpha value is -2.37. The lowest BCUT2D eigenvalue weighted by Gasteiger charge is -2.27. The van der Waals surface area contributed by atoms with Gasteiger partial charge in [-0.15, -0.1) is 0 Å². The van der Waals surface area contributed by atoms with Crippen molar-refractivity contribution in [1.82, 2.24) is 0 Å². The summed E-state index contributed by atoms with van der Waals surface area (Å²) in [7, 11) is 0. The number of carboxylic acid groups (broad SMARTS) is 3. The third kappa shape index (κ3) is 1.92. The smallest absolute Gasteiger partial charge is 0.333 e. The molecule has 0 radical (unpaired) electrons. The molecule has 0 aliphatic heterocycles. The average Bonchev–Trinajstić information content (AvgIpc) is 2.29. The highest BCUT2D eigenvalue weighted by Crippen LogP contribution is 2.37. The first kappa shape index (κ1) is 13.7. The zero-order chi connectivity index (χ0) is 13.9. The lowest BCUT2D eigenvalue weighted by molar-refractivity contribution is -0.177. The van der Waals surface area contributed by atoms with Gasteiger partial charge in [0.25, 0.3) is 5.41 Å². The Labute approximate surface area is 102 Å². The molecule has 1 atom stereocenters. The SMILES string of the molecule is CC(c1ccccc1)C(C(=O)O)(C(=O)O)C(=O)O. The first-order valence-corrected chi connectivity index (χ1v) is 5.10. The van der Waals surface area contributed by atoms with Crippen molar-refractivity contribution in [2.45, 2.75) is 12.8 Å². The van der Waals surface area contributed by atoms with Gasteiger partial charge in [-0.2, -0.15) is 0 Å².